The SMILES string of the molecule is CCNC(=NCCn1cc(C)cn1)N1CCN(c2cccc(C)c2)CC1. The summed E-state index contributed by atoms with van der Waals surface area (Å²) in [6.45, 7) is 12.8. The highest BCUT2D eigenvalue weighted by Gasteiger charge is 2.19. The maximum atomic E-state index is 4.81. The summed E-state index contributed by atoms with van der Waals surface area (Å²) >= 11 is 0. The van der Waals surface area contributed by atoms with Gasteiger partial charge in [-0.05, 0) is 44.0 Å². The van der Waals surface area contributed by atoms with E-state index in [4.69, 9.17) is 4.99 Å². The lowest BCUT2D eigenvalue weighted by molar-refractivity contribution is 0.372. The molecular weight excluding hydrogens is 324 g/mol. The van der Waals surface area contributed by atoms with Crippen LogP contribution in [0.15, 0.2) is 41.7 Å². The van der Waals surface area contributed by atoms with Gasteiger partial charge in [0.1, 0.15) is 0 Å². The molecular formula is C20H30N6. The van der Waals surface area contributed by atoms with Crippen molar-refractivity contribution in [3.05, 3.63) is 47.8 Å². The Bertz CT molecular complexity index is 727. The molecule has 2 heterocycles. The lowest BCUT2D eigenvalue weighted by atomic mass is 10.2. The summed E-state index contributed by atoms with van der Waals surface area (Å²) in [6.07, 6.45) is 3.95. The third-order valence-corrected chi connectivity index (χ3v) is 4.63. The number of nitrogens with one attached hydrogen (secondary N) is 1. The second-order valence-electron chi connectivity index (χ2n) is 6.83. The van der Waals surface area contributed by atoms with E-state index in [1.54, 1.807) is 0 Å². The van der Waals surface area contributed by atoms with Gasteiger partial charge in [-0.1, -0.05) is 12.1 Å². The van der Waals surface area contributed by atoms with Crippen LogP contribution in [0.25, 0.3) is 0 Å². The first kappa shape index (κ1) is 18.3. The number of piperazine rings is 1. The molecule has 6 heteroatoms. The predicted molar refractivity (Wildman–Crippen MR) is 108 cm³/mol. The number of benzene rings is 1. The first-order valence-corrected chi connectivity index (χ1v) is 9.49. The van der Waals surface area contributed by atoms with E-state index in [1.807, 2.05) is 10.9 Å². The minimum absolute atomic E-state index is 0.738. The van der Waals surface area contributed by atoms with Crippen LogP contribution in [0.3, 0.4) is 0 Å². The van der Waals surface area contributed by atoms with Crippen molar-refractivity contribution in [2.45, 2.75) is 27.3 Å². The van der Waals surface area contributed by atoms with Gasteiger partial charge in [-0.3, -0.25) is 9.67 Å². The van der Waals surface area contributed by atoms with Crippen LogP contribution in [0.1, 0.15) is 18.1 Å². The van der Waals surface area contributed by atoms with E-state index in [0.29, 0.717) is 0 Å². The predicted octanol–water partition coefficient (Wildman–Crippen LogP) is 2.29. The van der Waals surface area contributed by atoms with Gasteiger partial charge in [-0.2, -0.15) is 5.10 Å². The Morgan fingerprint density at radius 2 is 1.96 bits per heavy atom. The highest BCUT2D eigenvalue weighted by molar-refractivity contribution is 5.80. The molecule has 0 aliphatic carbocycles. The second-order valence-corrected chi connectivity index (χ2v) is 6.83. The second kappa shape index (κ2) is 8.74. The van der Waals surface area contributed by atoms with Crippen LogP contribution in [0, 0.1) is 13.8 Å². The molecule has 1 saturated heterocycles. The van der Waals surface area contributed by atoms with Crippen LogP contribution in [-0.4, -0.2) is 59.9 Å². The van der Waals surface area contributed by atoms with Gasteiger partial charge >= 0.3 is 0 Å². The zero-order valence-corrected chi connectivity index (χ0v) is 16.1. The van der Waals surface area contributed by atoms with E-state index >= 15 is 0 Å². The number of rotatable bonds is 5. The maximum absolute atomic E-state index is 4.81. The molecule has 1 N–H and O–H groups in total. The minimum Gasteiger partial charge on any atom is -0.368 e. The summed E-state index contributed by atoms with van der Waals surface area (Å²) in [7, 11) is 0. The maximum Gasteiger partial charge on any atom is 0.194 e. The van der Waals surface area contributed by atoms with Crippen molar-refractivity contribution in [3.8, 4) is 0 Å². The number of guanidine groups is 1. The Morgan fingerprint density at radius 3 is 2.62 bits per heavy atom. The molecule has 26 heavy (non-hydrogen) atoms. The van der Waals surface area contributed by atoms with Crippen molar-refractivity contribution >= 4 is 11.6 Å². The topological polar surface area (TPSA) is 48.7 Å². The van der Waals surface area contributed by atoms with Gasteiger partial charge in [0.15, 0.2) is 5.96 Å². The first-order chi connectivity index (χ1) is 12.7. The van der Waals surface area contributed by atoms with Gasteiger partial charge in [-0.15, -0.1) is 0 Å². The molecule has 3 rings (SSSR count). The smallest absolute Gasteiger partial charge is 0.194 e. The fourth-order valence-electron chi connectivity index (χ4n) is 3.27. The quantitative estimate of drug-likeness (QED) is 0.661. The average Bonchev–Trinajstić information content (AvgIpc) is 3.06. The Hall–Kier alpha value is -2.50. The molecule has 1 fully saturated rings. The number of hydrogen-bond acceptors (Lipinski definition) is 3. The summed E-state index contributed by atoms with van der Waals surface area (Å²) in [4.78, 5) is 9.63. The zero-order chi connectivity index (χ0) is 18.4. The molecule has 140 valence electrons. The van der Waals surface area contributed by atoms with Crippen LogP contribution in [0.2, 0.25) is 0 Å². The number of nitrogens with zero attached hydrogens (tertiary/aromatic N) is 5. The van der Waals surface area contributed by atoms with Crippen LogP contribution in [-0.2, 0) is 6.54 Å². The van der Waals surface area contributed by atoms with E-state index < -0.39 is 0 Å². The van der Waals surface area contributed by atoms with Gasteiger partial charge < -0.3 is 15.1 Å². The number of aromatic nitrogens is 2. The molecule has 0 spiro atoms. The number of hydrogen-bond donors (Lipinski definition) is 1. The molecule has 0 amide bonds. The molecule has 1 aliphatic rings. The Labute approximate surface area is 156 Å². The standard InChI is InChI=1S/C20H30N6/c1-4-21-20(22-8-9-26-16-18(3)15-23-26)25-12-10-24(11-13-25)19-7-5-6-17(2)14-19/h5-7,14-16H,4,8-13H2,1-3H3,(H,21,22). The summed E-state index contributed by atoms with van der Waals surface area (Å²) in [6, 6.07) is 8.76. The number of aliphatic imine (C=N–C) groups is 1. The molecule has 0 radical (unpaired) electrons. The van der Waals surface area contributed by atoms with E-state index in [1.165, 1.54) is 16.8 Å². The molecule has 1 aromatic heterocycles. The largest absolute Gasteiger partial charge is 0.368 e. The van der Waals surface area contributed by atoms with Crippen LogP contribution in [0.4, 0.5) is 5.69 Å². The Morgan fingerprint density at radius 1 is 1.15 bits per heavy atom. The molecule has 0 atom stereocenters. The molecule has 0 bridgehead atoms. The molecule has 1 aromatic carbocycles. The van der Waals surface area contributed by atoms with Gasteiger partial charge in [-0.25, -0.2) is 0 Å². The average molecular weight is 355 g/mol. The first-order valence-electron chi connectivity index (χ1n) is 9.49. The lowest BCUT2D eigenvalue weighted by Gasteiger charge is -2.37. The van der Waals surface area contributed by atoms with E-state index in [2.05, 4.69) is 71.4 Å². The minimum atomic E-state index is 0.738. The summed E-state index contributed by atoms with van der Waals surface area (Å²) in [5.41, 5.74) is 3.82. The van der Waals surface area contributed by atoms with E-state index in [-0.39, 0.29) is 0 Å². The molecule has 1 aliphatic heterocycles. The van der Waals surface area contributed by atoms with Crippen molar-refractivity contribution in [1.29, 1.82) is 0 Å². The number of anilines is 1. The summed E-state index contributed by atoms with van der Waals surface area (Å²) in [5.74, 6) is 1.01. The van der Waals surface area contributed by atoms with E-state index in [9.17, 15) is 0 Å². The monoisotopic (exact) mass is 354 g/mol. The van der Waals surface area contributed by atoms with Crippen molar-refractivity contribution in [2.24, 2.45) is 4.99 Å². The van der Waals surface area contributed by atoms with E-state index in [0.717, 1.165) is 51.8 Å². The van der Waals surface area contributed by atoms with Crippen molar-refractivity contribution in [3.63, 3.8) is 0 Å². The fourth-order valence-corrected chi connectivity index (χ4v) is 3.27. The van der Waals surface area contributed by atoms with Crippen molar-refractivity contribution in [2.75, 3.05) is 44.2 Å². The third kappa shape index (κ3) is 4.77. The fraction of sp³-hybridized carbons (Fsp3) is 0.500. The van der Waals surface area contributed by atoms with Gasteiger partial charge in [0.05, 0.1) is 19.3 Å². The van der Waals surface area contributed by atoms with Crippen LogP contribution in [0.5, 0.6) is 0 Å². The molecule has 0 unspecified atom stereocenters. The Kier molecular flexibility index (Phi) is 6.15. The number of aryl methyl sites for hydroxylation is 2. The molecule has 2 aromatic rings. The van der Waals surface area contributed by atoms with Gasteiger partial charge in [0, 0.05) is 44.6 Å². The summed E-state index contributed by atoms with van der Waals surface area (Å²) in [5, 5.41) is 7.76. The van der Waals surface area contributed by atoms with Crippen molar-refractivity contribution < 1.29 is 0 Å². The highest BCUT2D eigenvalue weighted by atomic mass is 15.4. The normalized spacial score (nSPS) is 15.4. The molecule has 0 saturated carbocycles. The van der Waals surface area contributed by atoms with Gasteiger partial charge in [0.2, 0.25) is 0 Å². The zero-order valence-electron chi connectivity index (χ0n) is 16.1. The highest BCUT2D eigenvalue weighted by Crippen LogP contribution is 2.17. The van der Waals surface area contributed by atoms with Crippen molar-refractivity contribution in [1.82, 2.24) is 20.0 Å². The van der Waals surface area contributed by atoms with Gasteiger partial charge in [0.25, 0.3) is 0 Å². The Balaban J connectivity index is 1.56. The summed E-state index contributed by atoms with van der Waals surface area (Å²) < 4.78 is 1.96. The van der Waals surface area contributed by atoms with Crippen LogP contribution >= 0.6 is 0 Å². The third-order valence-electron chi connectivity index (χ3n) is 4.63. The van der Waals surface area contributed by atoms with Crippen LogP contribution < -0.4 is 10.2 Å². The lowest BCUT2D eigenvalue weighted by Crippen LogP contribution is -2.52. The molecule has 6 nitrogen and oxygen atoms in total.